The lowest BCUT2D eigenvalue weighted by Gasteiger charge is -2.31. The third-order valence-electron chi connectivity index (χ3n) is 4.31. The van der Waals surface area contributed by atoms with Crippen LogP contribution in [-0.2, 0) is 4.79 Å². The second-order valence-electron chi connectivity index (χ2n) is 6.20. The Hall–Kier alpha value is -1.59. The standard InChI is InChI=1S/C18H27NO4/c1-2-12-23-16-7-5-14(6-8-16)17(20)9-11-19-10-3-4-15(13-19)18(21)22/h5-8,15,17,20H,2-4,9-13H2,1H3,(H,21,22). The van der Waals surface area contributed by atoms with Gasteiger partial charge in [-0.2, -0.15) is 0 Å². The van der Waals surface area contributed by atoms with E-state index in [1.807, 2.05) is 24.3 Å². The highest BCUT2D eigenvalue weighted by Crippen LogP contribution is 2.22. The topological polar surface area (TPSA) is 70.0 Å². The van der Waals surface area contributed by atoms with Gasteiger partial charge >= 0.3 is 5.97 Å². The fourth-order valence-corrected chi connectivity index (χ4v) is 2.94. The summed E-state index contributed by atoms with van der Waals surface area (Å²) in [6, 6.07) is 7.56. The van der Waals surface area contributed by atoms with Crippen molar-refractivity contribution in [2.75, 3.05) is 26.2 Å². The monoisotopic (exact) mass is 321 g/mol. The molecule has 1 aromatic carbocycles. The van der Waals surface area contributed by atoms with Crippen molar-refractivity contribution in [1.29, 1.82) is 0 Å². The van der Waals surface area contributed by atoms with E-state index in [1.54, 1.807) is 0 Å². The van der Waals surface area contributed by atoms with Crippen molar-refractivity contribution in [3.05, 3.63) is 29.8 Å². The number of carboxylic acid groups (broad SMARTS) is 1. The summed E-state index contributed by atoms with van der Waals surface area (Å²) in [7, 11) is 0. The molecule has 1 heterocycles. The van der Waals surface area contributed by atoms with E-state index in [0.717, 1.165) is 43.7 Å². The molecule has 2 atom stereocenters. The molecule has 5 heteroatoms. The lowest BCUT2D eigenvalue weighted by atomic mass is 9.97. The van der Waals surface area contributed by atoms with Gasteiger partial charge < -0.3 is 19.8 Å². The van der Waals surface area contributed by atoms with Crippen molar-refractivity contribution in [2.24, 2.45) is 5.92 Å². The van der Waals surface area contributed by atoms with Crippen LogP contribution in [0.3, 0.4) is 0 Å². The van der Waals surface area contributed by atoms with Crippen LogP contribution in [0.15, 0.2) is 24.3 Å². The molecular formula is C18H27NO4. The fourth-order valence-electron chi connectivity index (χ4n) is 2.94. The van der Waals surface area contributed by atoms with Crippen LogP contribution in [0.5, 0.6) is 5.75 Å². The summed E-state index contributed by atoms with van der Waals surface area (Å²) in [5, 5.41) is 19.4. The molecule has 5 nitrogen and oxygen atoms in total. The molecule has 0 bridgehead atoms. The molecule has 2 N–H and O–H groups in total. The highest BCUT2D eigenvalue weighted by Gasteiger charge is 2.25. The van der Waals surface area contributed by atoms with Crippen molar-refractivity contribution in [3.63, 3.8) is 0 Å². The minimum Gasteiger partial charge on any atom is -0.494 e. The second-order valence-corrected chi connectivity index (χ2v) is 6.20. The van der Waals surface area contributed by atoms with Gasteiger partial charge in [-0.25, -0.2) is 0 Å². The Morgan fingerprint density at radius 3 is 2.78 bits per heavy atom. The maximum absolute atomic E-state index is 11.1. The molecule has 0 spiro atoms. The van der Waals surface area contributed by atoms with E-state index in [2.05, 4.69) is 11.8 Å². The van der Waals surface area contributed by atoms with Crippen LogP contribution in [0.4, 0.5) is 0 Å². The molecular weight excluding hydrogens is 294 g/mol. The maximum Gasteiger partial charge on any atom is 0.307 e. The number of aliphatic carboxylic acids is 1. The van der Waals surface area contributed by atoms with Gasteiger partial charge in [-0.05, 0) is 49.9 Å². The Balaban J connectivity index is 1.79. The minimum atomic E-state index is -0.710. The number of hydrogen-bond acceptors (Lipinski definition) is 4. The number of rotatable bonds is 8. The summed E-state index contributed by atoms with van der Waals surface area (Å²) in [5.41, 5.74) is 0.876. The van der Waals surface area contributed by atoms with Gasteiger partial charge in [0.15, 0.2) is 0 Å². The second kappa shape index (κ2) is 8.89. The van der Waals surface area contributed by atoms with Crippen molar-refractivity contribution >= 4 is 5.97 Å². The maximum atomic E-state index is 11.1. The van der Waals surface area contributed by atoms with Crippen molar-refractivity contribution in [2.45, 2.75) is 38.7 Å². The summed E-state index contributed by atoms with van der Waals surface area (Å²) < 4.78 is 5.53. The predicted octanol–water partition coefficient (Wildman–Crippen LogP) is 2.70. The fraction of sp³-hybridized carbons (Fsp3) is 0.611. The van der Waals surface area contributed by atoms with Gasteiger partial charge in [-0.15, -0.1) is 0 Å². The average Bonchev–Trinajstić information content (AvgIpc) is 2.58. The van der Waals surface area contributed by atoms with Gasteiger partial charge in [0.25, 0.3) is 0 Å². The summed E-state index contributed by atoms with van der Waals surface area (Å²) >= 11 is 0. The molecule has 128 valence electrons. The number of carbonyl (C=O) groups is 1. The van der Waals surface area contributed by atoms with Crippen LogP contribution in [0.1, 0.15) is 44.3 Å². The third-order valence-corrected chi connectivity index (χ3v) is 4.31. The highest BCUT2D eigenvalue weighted by molar-refractivity contribution is 5.70. The Morgan fingerprint density at radius 2 is 2.13 bits per heavy atom. The molecule has 0 radical (unpaired) electrons. The summed E-state index contributed by atoms with van der Waals surface area (Å²) in [5.74, 6) is -0.156. The quantitative estimate of drug-likeness (QED) is 0.770. The van der Waals surface area contributed by atoms with Gasteiger partial charge in [0.2, 0.25) is 0 Å². The molecule has 2 unspecified atom stereocenters. The van der Waals surface area contributed by atoms with Gasteiger partial charge in [-0.1, -0.05) is 19.1 Å². The van der Waals surface area contributed by atoms with Crippen LogP contribution in [0.2, 0.25) is 0 Å². The van der Waals surface area contributed by atoms with E-state index in [1.165, 1.54) is 0 Å². The Bertz CT molecular complexity index is 488. The number of hydrogen-bond donors (Lipinski definition) is 2. The predicted molar refractivity (Wildman–Crippen MR) is 88.6 cm³/mol. The number of aliphatic hydroxyl groups is 1. The summed E-state index contributed by atoms with van der Waals surface area (Å²) in [6.07, 6.45) is 2.73. The number of piperidine rings is 1. The molecule has 1 saturated heterocycles. The molecule has 0 saturated carbocycles. The molecule has 1 aromatic rings. The number of aliphatic hydroxyl groups excluding tert-OH is 1. The highest BCUT2D eigenvalue weighted by atomic mass is 16.5. The number of ether oxygens (including phenoxy) is 1. The van der Waals surface area contributed by atoms with Crippen LogP contribution < -0.4 is 4.74 Å². The first-order valence-corrected chi connectivity index (χ1v) is 8.46. The van der Waals surface area contributed by atoms with Gasteiger partial charge in [0.05, 0.1) is 18.6 Å². The first-order valence-electron chi connectivity index (χ1n) is 8.46. The number of benzene rings is 1. The zero-order valence-corrected chi connectivity index (χ0v) is 13.8. The van der Waals surface area contributed by atoms with Crippen LogP contribution in [-0.4, -0.2) is 47.3 Å². The third kappa shape index (κ3) is 5.52. The van der Waals surface area contributed by atoms with E-state index < -0.39 is 12.1 Å². The number of likely N-dealkylation sites (tertiary alicyclic amines) is 1. The van der Waals surface area contributed by atoms with E-state index in [9.17, 15) is 9.90 Å². The van der Waals surface area contributed by atoms with Crippen molar-refractivity contribution < 1.29 is 19.7 Å². The molecule has 1 aliphatic rings. The van der Waals surface area contributed by atoms with Crippen LogP contribution in [0.25, 0.3) is 0 Å². The Morgan fingerprint density at radius 1 is 1.39 bits per heavy atom. The largest absolute Gasteiger partial charge is 0.494 e. The smallest absolute Gasteiger partial charge is 0.307 e. The van der Waals surface area contributed by atoms with E-state index >= 15 is 0 Å². The SMILES string of the molecule is CCCOc1ccc(C(O)CCN2CCCC(C(=O)O)C2)cc1. The lowest BCUT2D eigenvalue weighted by molar-refractivity contribution is -0.143. The zero-order valence-electron chi connectivity index (χ0n) is 13.8. The zero-order chi connectivity index (χ0) is 16.7. The van der Waals surface area contributed by atoms with Gasteiger partial charge in [-0.3, -0.25) is 4.79 Å². The van der Waals surface area contributed by atoms with Crippen LogP contribution >= 0.6 is 0 Å². The number of nitrogens with zero attached hydrogens (tertiary/aromatic N) is 1. The first-order chi connectivity index (χ1) is 11.1. The lowest BCUT2D eigenvalue weighted by Crippen LogP contribution is -2.39. The van der Waals surface area contributed by atoms with Crippen molar-refractivity contribution in [3.8, 4) is 5.75 Å². The van der Waals surface area contributed by atoms with Crippen LogP contribution in [0, 0.1) is 5.92 Å². The molecule has 0 amide bonds. The normalized spacial score (nSPS) is 20.2. The van der Waals surface area contributed by atoms with E-state index in [-0.39, 0.29) is 5.92 Å². The average molecular weight is 321 g/mol. The molecule has 23 heavy (non-hydrogen) atoms. The minimum absolute atomic E-state index is 0.268. The van der Waals surface area contributed by atoms with Gasteiger partial charge in [0, 0.05) is 13.1 Å². The van der Waals surface area contributed by atoms with Gasteiger partial charge in [0.1, 0.15) is 5.75 Å². The van der Waals surface area contributed by atoms with E-state index in [0.29, 0.717) is 19.6 Å². The molecule has 0 aliphatic carbocycles. The van der Waals surface area contributed by atoms with E-state index in [4.69, 9.17) is 9.84 Å². The molecule has 2 rings (SSSR count). The summed E-state index contributed by atoms with van der Waals surface area (Å²) in [4.78, 5) is 13.2. The molecule has 1 fully saturated rings. The number of carboxylic acids is 1. The Kier molecular flexibility index (Phi) is 6.86. The summed E-state index contributed by atoms with van der Waals surface area (Å²) in [6.45, 7) is 4.99. The molecule has 1 aliphatic heterocycles. The molecule has 0 aromatic heterocycles. The Labute approximate surface area is 137 Å². The first kappa shape index (κ1) is 17.8. The van der Waals surface area contributed by atoms with Crippen molar-refractivity contribution in [1.82, 2.24) is 4.90 Å².